The van der Waals surface area contributed by atoms with Crippen LogP contribution in [0.1, 0.15) is 79.0 Å². The van der Waals surface area contributed by atoms with E-state index in [4.69, 9.17) is 46.4 Å². The number of carbonyl (C=O) groups excluding carboxylic acids is 2. The fourth-order valence-corrected chi connectivity index (χ4v) is 6.93. The van der Waals surface area contributed by atoms with E-state index in [9.17, 15) is 9.59 Å². The van der Waals surface area contributed by atoms with Gasteiger partial charge < -0.3 is 0 Å². The maximum absolute atomic E-state index is 13.4. The summed E-state index contributed by atoms with van der Waals surface area (Å²) in [5.74, 6) is 0. The molecule has 0 aromatic heterocycles. The molecule has 168 valence electrons. The van der Waals surface area contributed by atoms with Crippen molar-refractivity contribution in [3.63, 3.8) is 0 Å². The highest BCUT2D eigenvalue weighted by molar-refractivity contribution is 7.90. The second kappa shape index (κ2) is 13.8. The largest absolute Gasteiger partial charge is 0.288 e. The van der Waals surface area contributed by atoms with Crippen LogP contribution in [0.25, 0.3) is 0 Å². The van der Waals surface area contributed by atoms with E-state index in [0.717, 1.165) is 19.3 Å². The summed E-state index contributed by atoms with van der Waals surface area (Å²) in [6, 6.07) is 9.79. The lowest BCUT2D eigenvalue weighted by Gasteiger charge is -2.18. The quantitative estimate of drug-likeness (QED) is 0.195. The van der Waals surface area contributed by atoms with Gasteiger partial charge in [0.1, 0.15) is 0 Å². The molecule has 0 aliphatic carbocycles. The summed E-state index contributed by atoms with van der Waals surface area (Å²) < 4.78 is 0. The van der Waals surface area contributed by atoms with Crippen LogP contribution in [0.4, 0.5) is 0 Å². The molecule has 7 heteroatoms. The topological polar surface area (TPSA) is 34.1 Å². The van der Waals surface area contributed by atoms with E-state index in [2.05, 4.69) is 6.92 Å². The SMILES string of the molecule is CCCCCCCCCCP(C(=O)c1c(Cl)cccc1Cl)C(=O)c1c(Cl)cccc1Cl. The molecule has 0 spiro atoms. The Labute approximate surface area is 206 Å². The molecule has 2 aromatic carbocycles. The smallest absolute Gasteiger partial charge is 0.195 e. The van der Waals surface area contributed by atoms with E-state index in [1.807, 2.05) is 0 Å². The Morgan fingerprint density at radius 2 is 1.00 bits per heavy atom. The van der Waals surface area contributed by atoms with Gasteiger partial charge in [-0.1, -0.05) is 110 Å². The number of rotatable bonds is 13. The van der Waals surface area contributed by atoms with Gasteiger partial charge in [-0.2, -0.15) is 0 Å². The van der Waals surface area contributed by atoms with Crippen LogP contribution in [-0.2, 0) is 0 Å². The second-order valence-electron chi connectivity index (χ2n) is 7.43. The standard InChI is InChI=1S/C24H27Cl4O2P/c1-2-3-4-5-6-7-8-9-16-31(23(29)21-17(25)12-10-13-18(21)26)24(30)22-19(27)14-11-15-20(22)28/h10-15H,2-9,16H2,1H3. The van der Waals surface area contributed by atoms with Gasteiger partial charge in [-0.25, -0.2) is 0 Å². The van der Waals surface area contributed by atoms with Gasteiger partial charge >= 0.3 is 0 Å². The molecule has 0 radical (unpaired) electrons. The lowest BCUT2D eigenvalue weighted by molar-refractivity contribution is 0.105. The molecule has 0 fully saturated rings. The average Bonchev–Trinajstić information content (AvgIpc) is 2.72. The van der Waals surface area contributed by atoms with Gasteiger partial charge in [0.25, 0.3) is 0 Å². The summed E-state index contributed by atoms with van der Waals surface area (Å²) in [4.78, 5) is 26.8. The van der Waals surface area contributed by atoms with Gasteiger partial charge in [0.2, 0.25) is 0 Å². The average molecular weight is 520 g/mol. The molecule has 2 nitrogen and oxygen atoms in total. The third kappa shape index (κ3) is 7.72. The maximum atomic E-state index is 13.4. The molecule has 0 bridgehead atoms. The molecule has 0 N–H and O–H groups in total. The molecular weight excluding hydrogens is 493 g/mol. The fraction of sp³-hybridized carbons (Fsp3) is 0.417. The molecule has 0 aliphatic heterocycles. The number of hydrogen-bond donors (Lipinski definition) is 0. The van der Waals surface area contributed by atoms with E-state index in [0.29, 0.717) is 6.16 Å². The van der Waals surface area contributed by atoms with E-state index < -0.39 is 7.92 Å². The summed E-state index contributed by atoms with van der Waals surface area (Å²) >= 11 is 25.1. The molecule has 0 heterocycles. The van der Waals surface area contributed by atoms with E-state index in [-0.39, 0.29) is 42.3 Å². The zero-order chi connectivity index (χ0) is 22.8. The van der Waals surface area contributed by atoms with Crippen LogP contribution in [-0.4, -0.2) is 17.2 Å². The lowest BCUT2D eigenvalue weighted by Crippen LogP contribution is -2.11. The molecule has 0 amide bonds. The van der Waals surface area contributed by atoms with Crippen molar-refractivity contribution in [2.45, 2.75) is 58.3 Å². The molecule has 0 atom stereocenters. The number of hydrogen-bond acceptors (Lipinski definition) is 2. The van der Waals surface area contributed by atoms with Gasteiger partial charge in [0.15, 0.2) is 11.0 Å². The minimum absolute atomic E-state index is 0.202. The number of carbonyl (C=O) groups is 2. The van der Waals surface area contributed by atoms with Gasteiger partial charge in [-0.15, -0.1) is 0 Å². The van der Waals surface area contributed by atoms with Crippen molar-refractivity contribution in [1.29, 1.82) is 0 Å². The number of benzene rings is 2. The van der Waals surface area contributed by atoms with Crippen molar-refractivity contribution < 1.29 is 9.59 Å². The molecule has 31 heavy (non-hydrogen) atoms. The minimum atomic E-state index is -1.75. The Hall–Kier alpha value is -0.630. The normalized spacial score (nSPS) is 11.2. The van der Waals surface area contributed by atoms with Crippen LogP contribution >= 0.6 is 54.3 Å². The first kappa shape index (κ1) is 26.6. The third-order valence-electron chi connectivity index (χ3n) is 5.08. The van der Waals surface area contributed by atoms with E-state index >= 15 is 0 Å². The summed E-state index contributed by atoms with van der Waals surface area (Å²) in [7, 11) is -1.75. The molecular formula is C24H27Cl4O2P. The predicted molar refractivity (Wildman–Crippen MR) is 136 cm³/mol. The lowest BCUT2D eigenvalue weighted by atomic mass is 10.1. The van der Waals surface area contributed by atoms with Crippen LogP contribution in [0.5, 0.6) is 0 Å². The molecule has 0 aliphatic rings. The van der Waals surface area contributed by atoms with Gasteiger partial charge in [0.05, 0.1) is 31.2 Å². The summed E-state index contributed by atoms with van der Waals surface area (Å²) in [6.45, 7) is 2.20. The highest BCUT2D eigenvalue weighted by Gasteiger charge is 2.32. The van der Waals surface area contributed by atoms with E-state index in [1.165, 1.54) is 32.1 Å². The van der Waals surface area contributed by atoms with Gasteiger partial charge in [-0.3, -0.25) is 9.59 Å². The first-order valence-electron chi connectivity index (χ1n) is 10.6. The highest BCUT2D eigenvalue weighted by Crippen LogP contribution is 2.48. The zero-order valence-corrected chi connectivity index (χ0v) is 21.5. The monoisotopic (exact) mass is 518 g/mol. The molecule has 0 saturated carbocycles. The molecule has 2 aromatic rings. The Morgan fingerprint density at radius 3 is 1.39 bits per heavy atom. The van der Waals surface area contributed by atoms with Gasteiger partial charge in [0, 0.05) is 7.92 Å². The van der Waals surface area contributed by atoms with Gasteiger partial charge in [-0.05, 0) is 36.8 Å². The van der Waals surface area contributed by atoms with Crippen LogP contribution < -0.4 is 0 Å². The summed E-state index contributed by atoms with van der Waals surface area (Å²) in [5, 5.41) is 0.996. The van der Waals surface area contributed by atoms with Crippen LogP contribution in [0.15, 0.2) is 36.4 Å². The second-order valence-corrected chi connectivity index (χ2v) is 11.2. The summed E-state index contributed by atoms with van der Waals surface area (Å²) in [6.07, 6.45) is 9.46. The van der Waals surface area contributed by atoms with Crippen molar-refractivity contribution in [3.05, 3.63) is 67.6 Å². The minimum Gasteiger partial charge on any atom is -0.288 e. The number of halogens is 4. The Kier molecular flexibility index (Phi) is 11.9. The maximum Gasteiger partial charge on any atom is 0.195 e. The molecule has 0 unspecified atom stereocenters. The Bertz CT molecular complexity index is 797. The predicted octanol–water partition coefficient (Wildman–Crippen LogP) is 9.90. The van der Waals surface area contributed by atoms with Crippen LogP contribution in [0.3, 0.4) is 0 Å². The van der Waals surface area contributed by atoms with Crippen LogP contribution in [0, 0.1) is 0 Å². The Balaban J connectivity index is 2.18. The fourth-order valence-electron chi connectivity index (χ4n) is 3.37. The van der Waals surface area contributed by atoms with Crippen molar-refractivity contribution in [1.82, 2.24) is 0 Å². The van der Waals surface area contributed by atoms with Crippen molar-refractivity contribution in [2.24, 2.45) is 0 Å². The first-order valence-corrected chi connectivity index (χ1v) is 13.7. The highest BCUT2D eigenvalue weighted by atomic mass is 35.5. The number of unbranched alkanes of at least 4 members (excludes halogenated alkanes) is 7. The van der Waals surface area contributed by atoms with Crippen molar-refractivity contribution in [2.75, 3.05) is 6.16 Å². The summed E-state index contributed by atoms with van der Waals surface area (Å²) in [5.41, 5.74) is -0.245. The van der Waals surface area contributed by atoms with Crippen molar-refractivity contribution in [3.8, 4) is 0 Å². The first-order chi connectivity index (χ1) is 14.9. The van der Waals surface area contributed by atoms with Crippen molar-refractivity contribution >= 4 is 65.4 Å². The van der Waals surface area contributed by atoms with Crippen LogP contribution in [0.2, 0.25) is 20.1 Å². The zero-order valence-electron chi connectivity index (χ0n) is 17.6. The van der Waals surface area contributed by atoms with E-state index in [1.54, 1.807) is 36.4 Å². The Morgan fingerprint density at radius 1 is 0.645 bits per heavy atom. The third-order valence-corrected chi connectivity index (χ3v) is 8.53. The molecule has 2 rings (SSSR count). The molecule has 0 saturated heterocycles.